The van der Waals surface area contributed by atoms with Crippen molar-refractivity contribution in [3.8, 4) is 0 Å². The maximum atomic E-state index is 12.2. The number of halogens is 1. The first-order valence-corrected chi connectivity index (χ1v) is 7.69. The van der Waals surface area contributed by atoms with Gasteiger partial charge in [-0.1, -0.05) is 36.6 Å². The van der Waals surface area contributed by atoms with Gasteiger partial charge in [-0.25, -0.2) is 0 Å². The molecule has 1 fully saturated rings. The second-order valence-corrected chi connectivity index (χ2v) is 6.14. The Morgan fingerprint density at radius 1 is 1.35 bits per heavy atom. The molecule has 0 aromatic heterocycles. The predicted octanol–water partition coefficient (Wildman–Crippen LogP) is 3.22. The molecule has 1 aliphatic rings. The molecule has 20 heavy (non-hydrogen) atoms. The molecule has 1 aromatic carbocycles. The van der Waals surface area contributed by atoms with Crippen LogP contribution in [0.15, 0.2) is 24.3 Å². The van der Waals surface area contributed by atoms with E-state index in [1.165, 1.54) is 12.8 Å². The first-order chi connectivity index (χ1) is 9.56. The van der Waals surface area contributed by atoms with Gasteiger partial charge in [-0.15, -0.1) is 0 Å². The monoisotopic (exact) mass is 294 g/mol. The molecule has 1 amide bonds. The molecule has 1 atom stereocenters. The summed E-state index contributed by atoms with van der Waals surface area (Å²) < 4.78 is 0. The summed E-state index contributed by atoms with van der Waals surface area (Å²) in [6.07, 6.45) is 4.72. The van der Waals surface area contributed by atoms with Gasteiger partial charge in [-0.05, 0) is 44.5 Å². The summed E-state index contributed by atoms with van der Waals surface area (Å²) in [6.45, 7) is 2.70. The minimum atomic E-state index is -0.119. The van der Waals surface area contributed by atoms with Gasteiger partial charge < -0.3 is 5.32 Å². The number of hydrogen-bond acceptors (Lipinski definition) is 2. The van der Waals surface area contributed by atoms with Crippen molar-refractivity contribution in [2.75, 3.05) is 7.05 Å². The number of amides is 1. The lowest BCUT2D eigenvalue weighted by Crippen LogP contribution is -2.46. The molecular weight excluding hydrogens is 272 g/mol. The molecule has 1 aromatic rings. The number of hydrogen-bond donors (Lipinski definition) is 1. The summed E-state index contributed by atoms with van der Waals surface area (Å²) in [5.41, 5.74) is 1.16. The van der Waals surface area contributed by atoms with Gasteiger partial charge >= 0.3 is 0 Å². The number of carbonyl (C=O) groups excluding carboxylic acids is 1. The van der Waals surface area contributed by atoms with Crippen molar-refractivity contribution in [3.63, 3.8) is 0 Å². The lowest BCUT2D eigenvalue weighted by atomic mass is 10.1. The molecule has 0 saturated heterocycles. The zero-order chi connectivity index (χ0) is 14.5. The maximum Gasteiger partial charge on any atom is 0.237 e. The number of carbonyl (C=O) groups is 1. The largest absolute Gasteiger partial charge is 0.352 e. The van der Waals surface area contributed by atoms with Crippen LogP contribution >= 0.6 is 11.6 Å². The quantitative estimate of drug-likeness (QED) is 0.904. The van der Waals surface area contributed by atoms with E-state index in [4.69, 9.17) is 11.6 Å². The molecule has 0 aliphatic heterocycles. The number of nitrogens with one attached hydrogen (secondary N) is 1. The molecule has 0 radical (unpaired) electrons. The second-order valence-electron chi connectivity index (χ2n) is 5.71. The fourth-order valence-corrected chi connectivity index (χ4v) is 2.73. The molecule has 0 heterocycles. The Morgan fingerprint density at radius 3 is 2.55 bits per heavy atom. The molecular formula is C16H23ClN2O. The van der Waals surface area contributed by atoms with E-state index >= 15 is 0 Å². The molecule has 0 unspecified atom stereocenters. The van der Waals surface area contributed by atoms with Crippen LogP contribution < -0.4 is 5.32 Å². The zero-order valence-corrected chi connectivity index (χ0v) is 13.0. The third-order valence-electron chi connectivity index (χ3n) is 4.09. The van der Waals surface area contributed by atoms with Crippen LogP contribution in [0.25, 0.3) is 0 Å². The van der Waals surface area contributed by atoms with Gasteiger partial charge in [0.05, 0.1) is 6.04 Å². The number of nitrogens with zero attached hydrogens (tertiary/aromatic N) is 1. The average Bonchev–Trinajstić information content (AvgIpc) is 2.93. The zero-order valence-electron chi connectivity index (χ0n) is 12.2. The number of likely N-dealkylation sites (N-methyl/N-ethyl adjacent to an activating group) is 1. The minimum Gasteiger partial charge on any atom is -0.352 e. The summed E-state index contributed by atoms with van der Waals surface area (Å²) >= 11 is 5.88. The number of benzene rings is 1. The van der Waals surface area contributed by atoms with E-state index in [1.54, 1.807) is 0 Å². The van der Waals surface area contributed by atoms with Gasteiger partial charge in [0, 0.05) is 17.6 Å². The predicted molar refractivity (Wildman–Crippen MR) is 82.8 cm³/mol. The van der Waals surface area contributed by atoms with E-state index in [9.17, 15) is 4.79 Å². The van der Waals surface area contributed by atoms with Crippen LogP contribution in [0.2, 0.25) is 5.02 Å². The Kier molecular flexibility index (Phi) is 5.44. The Labute approximate surface area is 126 Å². The smallest absolute Gasteiger partial charge is 0.237 e. The molecule has 110 valence electrons. The van der Waals surface area contributed by atoms with E-state index < -0.39 is 0 Å². The second kappa shape index (κ2) is 7.09. The molecule has 4 heteroatoms. The van der Waals surface area contributed by atoms with Gasteiger partial charge in [0.2, 0.25) is 5.91 Å². The van der Waals surface area contributed by atoms with Crippen molar-refractivity contribution < 1.29 is 4.79 Å². The Hall–Kier alpha value is -1.06. The summed E-state index contributed by atoms with van der Waals surface area (Å²) in [6, 6.07) is 8.03. The third kappa shape index (κ3) is 4.22. The maximum absolute atomic E-state index is 12.2. The van der Waals surface area contributed by atoms with Gasteiger partial charge in [-0.3, -0.25) is 9.69 Å². The first-order valence-electron chi connectivity index (χ1n) is 7.31. The summed E-state index contributed by atoms with van der Waals surface area (Å²) in [5.74, 6) is 0.133. The normalized spacial score (nSPS) is 17.4. The van der Waals surface area contributed by atoms with E-state index in [0.717, 1.165) is 30.0 Å². The van der Waals surface area contributed by atoms with Crippen molar-refractivity contribution in [2.24, 2.45) is 0 Å². The highest BCUT2D eigenvalue weighted by atomic mass is 35.5. The molecule has 0 spiro atoms. The van der Waals surface area contributed by atoms with Gasteiger partial charge in [0.15, 0.2) is 0 Å². The van der Waals surface area contributed by atoms with E-state index in [1.807, 2.05) is 38.2 Å². The summed E-state index contributed by atoms with van der Waals surface area (Å²) in [7, 11) is 1.98. The van der Waals surface area contributed by atoms with E-state index in [2.05, 4.69) is 10.2 Å². The average molecular weight is 295 g/mol. The van der Waals surface area contributed by atoms with Crippen LogP contribution in [0.5, 0.6) is 0 Å². The molecule has 1 N–H and O–H groups in total. The van der Waals surface area contributed by atoms with Gasteiger partial charge in [-0.2, -0.15) is 0 Å². The van der Waals surface area contributed by atoms with Crippen LogP contribution in [0, 0.1) is 0 Å². The van der Waals surface area contributed by atoms with Crippen LogP contribution in [0.1, 0.15) is 38.2 Å². The fraction of sp³-hybridized carbons (Fsp3) is 0.562. The molecule has 1 saturated carbocycles. The fourth-order valence-electron chi connectivity index (χ4n) is 2.61. The Morgan fingerprint density at radius 2 is 1.95 bits per heavy atom. The van der Waals surface area contributed by atoms with Crippen LogP contribution in [-0.4, -0.2) is 29.9 Å². The molecule has 3 nitrogen and oxygen atoms in total. The van der Waals surface area contributed by atoms with Crippen LogP contribution in [0.3, 0.4) is 0 Å². The highest BCUT2D eigenvalue weighted by Crippen LogP contribution is 2.18. The lowest BCUT2D eigenvalue weighted by Gasteiger charge is -2.25. The molecule has 0 bridgehead atoms. The SMILES string of the molecule is C[C@@H](C(=O)NC1CCCC1)N(C)Cc1ccc(Cl)cc1. The van der Waals surface area contributed by atoms with Crippen molar-refractivity contribution in [1.29, 1.82) is 0 Å². The Balaban J connectivity index is 1.85. The summed E-state index contributed by atoms with van der Waals surface area (Å²) in [5, 5.41) is 3.89. The van der Waals surface area contributed by atoms with Crippen molar-refractivity contribution in [1.82, 2.24) is 10.2 Å². The topological polar surface area (TPSA) is 32.3 Å². The molecule has 1 aliphatic carbocycles. The highest BCUT2D eigenvalue weighted by molar-refractivity contribution is 6.30. The number of rotatable bonds is 5. The van der Waals surface area contributed by atoms with Crippen LogP contribution in [-0.2, 0) is 11.3 Å². The molecule has 2 rings (SSSR count). The van der Waals surface area contributed by atoms with Gasteiger partial charge in [0.1, 0.15) is 0 Å². The van der Waals surface area contributed by atoms with Crippen molar-refractivity contribution >= 4 is 17.5 Å². The van der Waals surface area contributed by atoms with E-state index in [0.29, 0.717) is 6.04 Å². The standard InChI is InChI=1S/C16H23ClN2O/c1-12(16(20)18-15-5-3-4-6-15)19(2)11-13-7-9-14(17)10-8-13/h7-10,12,15H,3-6,11H2,1-2H3,(H,18,20)/t12-/m0/s1. The third-order valence-corrected chi connectivity index (χ3v) is 4.34. The lowest BCUT2D eigenvalue weighted by molar-refractivity contribution is -0.126. The van der Waals surface area contributed by atoms with E-state index in [-0.39, 0.29) is 11.9 Å². The van der Waals surface area contributed by atoms with Crippen molar-refractivity contribution in [3.05, 3.63) is 34.9 Å². The van der Waals surface area contributed by atoms with Crippen molar-refractivity contribution in [2.45, 2.75) is 51.2 Å². The minimum absolute atomic E-state index is 0.119. The first kappa shape index (κ1) is 15.3. The van der Waals surface area contributed by atoms with Gasteiger partial charge in [0.25, 0.3) is 0 Å². The Bertz CT molecular complexity index is 440. The van der Waals surface area contributed by atoms with Crippen LogP contribution in [0.4, 0.5) is 0 Å². The highest BCUT2D eigenvalue weighted by Gasteiger charge is 2.22. The summed E-state index contributed by atoms with van der Waals surface area (Å²) in [4.78, 5) is 14.3.